The van der Waals surface area contributed by atoms with Gasteiger partial charge in [-0.3, -0.25) is 0 Å². The third-order valence-corrected chi connectivity index (χ3v) is 6.19. The molecule has 0 radical (unpaired) electrons. The average molecular weight is 435 g/mol. The molecule has 1 fully saturated rings. The van der Waals surface area contributed by atoms with E-state index in [4.69, 9.17) is 9.47 Å². The molecule has 1 aliphatic rings. The lowest BCUT2D eigenvalue weighted by Gasteiger charge is -2.14. The summed E-state index contributed by atoms with van der Waals surface area (Å²) in [6.45, 7) is 0.378. The molecule has 4 N–H and O–H groups in total. The maximum Gasteiger partial charge on any atom is 0.319 e. The predicted molar refractivity (Wildman–Crippen MR) is 119 cm³/mol. The van der Waals surface area contributed by atoms with E-state index in [1.54, 1.807) is 25.3 Å². The number of carbonyl (C=O) groups excluding carboxylic acids is 1. The highest BCUT2D eigenvalue weighted by Gasteiger charge is 2.16. The largest absolute Gasteiger partial charge is 0.497 e. The van der Waals surface area contributed by atoms with Crippen LogP contribution in [0.3, 0.4) is 0 Å². The van der Waals surface area contributed by atoms with Gasteiger partial charge in [0.2, 0.25) is 5.88 Å². The number of anilines is 2. The highest BCUT2D eigenvalue weighted by Crippen LogP contribution is 2.31. The van der Waals surface area contributed by atoms with E-state index in [9.17, 15) is 9.90 Å². The van der Waals surface area contributed by atoms with Crippen LogP contribution in [-0.4, -0.2) is 42.9 Å². The second-order valence-corrected chi connectivity index (χ2v) is 8.38. The number of ether oxygens (including phenoxy) is 2. The number of aromatic hydroxyl groups is 1. The molecule has 30 heavy (non-hydrogen) atoms. The van der Waals surface area contributed by atoms with E-state index < -0.39 is 0 Å². The van der Waals surface area contributed by atoms with Gasteiger partial charge in [-0.1, -0.05) is 37.0 Å². The van der Waals surface area contributed by atoms with Crippen LogP contribution in [-0.2, 0) is 6.42 Å². The van der Waals surface area contributed by atoms with Crippen LogP contribution >= 0.6 is 11.3 Å². The van der Waals surface area contributed by atoms with Crippen molar-refractivity contribution in [3.05, 3.63) is 23.1 Å². The summed E-state index contributed by atoms with van der Waals surface area (Å²) in [4.78, 5) is 17.2. The number of methoxy groups -OCH3 is 2. The number of carbonyl (C=O) groups is 1. The molecule has 1 aromatic carbocycles. The van der Waals surface area contributed by atoms with E-state index in [1.165, 1.54) is 44.1 Å². The van der Waals surface area contributed by atoms with Gasteiger partial charge in [0.25, 0.3) is 0 Å². The Labute approximate surface area is 181 Å². The number of rotatable bonds is 8. The third-order valence-electron chi connectivity index (χ3n) is 5.15. The standard InChI is InChI=1S/C21H30N4O4S/c1-28-15-9-10-16(17(13-15)29-2)24-20(27)22-12-11-18-19(26)25-21(30-18)23-14-7-5-3-4-6-8-14/h9-10,13-14,26H,3-8,11-12H2,1-2H3,(H,23,25)(H2,22,24,27). The summed E-state index contributed by atoms with van der Waals surface area (Å²) in [5, 5.41) is 19.9. The molecule has 1 heterocycles. The Hall–Kier alpha value is -2.68. The number of nitrogens with zero attached hydrogens (tertiary/aromatic N) is 1. The first-order chi connectivity index (χ1) is 14.6. The average Bonchev–Trinajstić information content (AvgIpc) is 2.92. The van der Waals surface area contributed by atoms with Gasteiger partial charge in [0, 0.05) is 25.1 Å². The summed E-state index contributed by atoms with van der Waals surface area (Å²) in [6, 6.07) is 5.25. The van der Waals surface area contributed by atoms with Gasteiger partial charge >= 0.3 is 6.03 Å². The van der Waals surface area contributed by atoms with Crippen molar-refractivity contribution >= 4 is 28.2 Å². The summed E-state index contributed by atoms with van der Waals surface area (Å²) in [7, 11) is 3.10. The lowest BCUT2D eigenvalue weighted by Crippen LogP contribution is -2.30. The van der Waals surface area contributed by atoms with Crippen molar-refractivity contribution in [1.82, 2.24) is 10.3 Å². The first-order valence-electron chi connectivity index (χ1n) is 10.3. The predicted octanol–water partition coefficient (Wildman–Crippen LogP) is 4.36. The van der Waals surface area contributed by atoms with E-state index >= 15 is 0 Å². The van der Waals surface area contributed by atoms with Gasteiger partial charge in [0.1, 0.15) is 11.5 Å². The molecule has 0 aliphatic heterocycles. The Morgan fingerprint density at radius 3 is 2.67 bits per heavy atom. The highest BCUT2D eigenvalue weighted by atomic mass is 32.1. The minimum absolute atomic E-state index is 0.0372. The topological polar surface area (TPSA) is 105 Å². The van der Waals surface area contributed by atoms with Crippen molar-refractivity contribution in [2.75, 3.05) is 31.4 Å². The van der Waals surface area contributed by atoms with Crippen molar-refractivity contribution in [1.29, 1.82) is 0 Å². The number of benzene rings is 1. The molecule has 8 nitrogen and oxygen atoms in total. The number of hydrogen-bond donors (Lipinski definition) is 4. The van der Waals surface area contributed by atoms with Crippen LogP contribution in [0, 0.1) is 0 Å². The molecule has 0 saturated heterocycles. The lowest BCUT2D eigenvalue weighted by molar-refractivity contribution is 0.252. The quantitative estimate of drug-likeness (QED) is 0.460. The van der Waals surface area contributed by atoms with Gasteiger partial charge < -0.3 is 30.5 Å². The van der Waals surface area contributed by atoms with Crippen molar-refractivity contribution in [2.24, 2.45) is 0 Å². The Morgan fingerprint density at radius 1 is 1.20 bits per heavy atom. The molecule has 0 atom stereocenters. The van der Waals surface area contributed by atoms with Gasteiger partial charge in [-0.05, 0) is 25.0 Å². The van der Waals surface area contributed by atoms with Crippen LogP contribution in [0.25, 0.3) is 0 Å². The Kier molecular flexibility index (Phi) is 8.01. The zero-order valence-electron chi connectivity index (χ0n) is 17.5. The molecule has 2 amide bonds. The SMILES string of the molecule is COc1ccc(NC(=O)NCCc2sc(NC3CCCCCC3)nc2O)c(OC)c1. The van der Waals surface area contributed by atoms with Crippen LogP contribution in [0.15, 0.2) is 18.2 Å². The van der Waals surface area contributed by atoms with Gasteiger partial charge in [0.05, 0.1) is 24.8 Å². The van der Waals surface area contributed by atoms with E-state index in [-0.39, 0.29) is 11.9 Å². The van der Waals surface area contributed by atoms with E-state index in [0.29, 0.717) is 36.2 Å². The first kappa shape index (κ1) is 22.0. The summed E-state index contributed by atoms with van der Waals surface area (Å²) in [5.74, 6) is 1.20. The molecule has 0 bridgehead atoms. The van der Waals surface area contributed by atoms with E-state index in [0.717, 1.165) is 22.9 Å². The lowest BCUT2D eigenvalue weighted by atomic mass is 10.1. The Morgan fingerprint density at radius 2 is 1.97 bits per heavy atom. The van der Waals surface area contributed by atoms with Crippen LogP contribution in [0.2, 0.25) is 0 Å². The van der Waals surface area contributed by atoms with Gasteiger partial charge in [-0.2, -0.15) is 4.98 Å². The second kappa shape index (κ2) is 10.9. The molecule has 9 heteroatoms. The van der Waals surface area contributed by atoms with Gasteiger partial charge in [-0.15, -0.1) is 0 Å². The highest BCUT2D eigenvalue weighted by molar-refractivity contribution is 7.15. The third kappa shape index (κ3) is 6.16. The van der Waals surface area contributed by atoms with Crippen molar-refractivity contribution in [2.45, 2.75) is 51.0 Å². The summed E-state index contributed by atoms with van der Waals surface area (Å²) < 4.78 is 10.4. The molecule has 1 aliphatic carbocycles. The molecule has 1 saturated carbocycles. The summed E-state index contributed by atoms with van der Waals surface area (Å²) in [6.07, 6.45) is 7.85. The van der Waals surface area contributed by atoms with Crippen LogP contribution in [0.4, 0.5) is 15.6 Å². The molecule has 2 aromatic rings. The van der Waals surface area contributed by atoms with Crippen LogP contribution < -0.4 is 25.4 Å². The van der Waals surface area contributed by atoms with Crippen molar-refractivity contribution in [3.63, 3.8) is 0 Å². The fourth-order valence-electron chi connectivity index (χ4n) is 3.52. The molecule has 3 rings (SSSR count). The van der Waals surface area contributed by atoms with E-state index in [1.807, 2.05) is 0 Å². The van der Waals surface area contributed by atoms with Crippen molar-refractivity contribution in [3.8, 4) is 17.4 Å². The smallest absolute Gasteiger partial charge is 0.319 e. The maximum atomic E-state index is 12.2. The van der Waals surface area contributed by atoms with Crippen LogP contribution in [0.1, 0.15) is 43.4 Å². The normalized spacial score (nSPS) is 14.6. The Bertz CT molecular complexity index is 834. The molecule has 164 valence electrons. The molecular weight excluding hydrogens is 404 g/mol. The summed E-state index contributed by atoms with van der Waals surface area (Å²) in [5.41, 5.74) is 0.548. The summed E-state index contributed by atoms with van der Waals surface area (Å²) >= 11 is 1.45. The molecule has 1 aromatic heterocycles. The number of amides is 2. The minimum atomic E-state index is -0.348. The van der Waals surface area contributed by atoms with Crippen LogP contribution in [0.5, 0.6) is 17.4 Å². The number of hydrogen-bond acceptors (Lipinski definition) is 7. The zero-order valence-corrected chi connectivity index (χ0v) is 18.3. The number of aromatic nitrogens is 1. The fraction of sp³-hybridized carbons (Fsp3) is 0.524. The fourth-order valence-corrected chi connectivity index (χ4v) is 4.46. The molecular formula is C21H30N4O4S. The minimum Gasteiger partial charge on any atom is -0.497 e. The van der Waals surface area contributed by atoms with E-state index in [2.05, 4.69) is 20.9 Å². The zero-order chi connectivity index (χ0) is 21.3. The number of nitrogens with one attached hydrogen (secondary N) is 3. The molecule has 0 unspecified atom stereocenters. The monoisotopic (exact) mass is 434 g/mol. The van der Waals surface area contributed by atoms with Gasteiger partial charge in [-0.25, -0.2) is 4.79 Å². The van der Waals surface area contributed by atoms with Gasteiger partial charge in [0.15, 0.2) is 5.13 Å². The maximum absolute atomic E-state index is 12.2. The number of urea groups is 1. The van der Waals surface area contributed by atoms with Crippen molar-refractivity contribution < 1.29 is 19.4 Å². The Balaban J connectivity index is 1.48. The number of thiazole rings is 1. The first-order valence-corrected chi connectivity index (χ1v) is 11.1. The molecule has 0 spiro atoms. The second-order valence-electron chi connectivity index (χ2n) is 7.30.